The fraction of sp³-hybridized carbons (Fsp3) is 0.944. The molecule has 0 heterocycles. The summed E-state index contributed by atoms with van der Waals surface area (Å²) in [5, 5.41) is 10.6. The van der Waals surface area contributed by atoms with Crippen LogP contribution in [-0.4, -0.2) is 96.7 Å². The van der Waals surface area contributed by atoms with Crippen LogP contribution in [0.1, 0.15) is 375 Å². The molecule has 540 valence electrons. The second-order valence-corrected chi connectivity index (χ2v) is 29.1. The monoisotopic (exact) mass is 1340 g/mol. The number of unbranched alkanes of at least 4 members (excludes halogenated alkanes) is 43. The molecule has 0 amide bonds. The number of hydrogen-bond acceptors (Lipinski definition) is 15. The van der Waals surface area contributed by atoms with Gasteiger partial charge in [0.25, 0.3) is 0 Å². The molecule has 0 aliphatic carbocycles. The molecule has 0 aromatic rings. The van der Waals surface area contributed by atoms with Crippen molar-refractivity contribution in [1.82, 2.24) is 0 Å². The number of carbonyl (C=O) groups is 4. The standard InChI is InChI=1S/C72H140O17P2/c1-6-10-13-16-19-22-25-26-27-28-29-30-33-36-43-48-53-58-72(77)89-68(62-83-70(75)56-51-46-41-38-37-39-44-49-54-65(5)9-4)64-87-91(80,81)85-60-66(73)59-84-90(78,79)86-63-67(88-71(76)57-52-47-42-35-32-24-21-18-15-12-8-3)61-82-69(74)55-50-45-40-34-31-23-20-17-14-11-7-2/h65-68,73H,6-64H2,1-5H3,(H,78,79)(H,80,81)/t65?,66-,67+,68+/m0/s1. The number of aliphatic hydroxyl groups is 1. The van der Waals surface area contributed by atoms with Gasteiger partial charge in [-0.3, -0.25) is 37.3 Å². The third-order valence-electron chi connectivity index (χ3n) is 17.1. The van der Waals surface area contributed by atoms with Gasteiger partial charge in [-0.15, -0.1) is 0 Å². The zero-order chi connectivity index (χ0) is 67.0. The molecule has 3 N–H and O–H groups in total. The first-order valence-electron chi connectivity index (χ1n) is 37.7. The molecule has 3 unspecified atom stereocenters. The zero-order valence-corrected chi connectivity index (χ0v) is 60.8. The second kappa shape index (κ2) is 65.4. The molecule has 17 nitrogen and oxygen atoms in total. The molecule has 0 aliphatic rings. The van der Waals surface area contributed by atoms with Crippen LogP contribution >= 0.6 is 15.6 Å². The first-order valence-corrected chi connectivity index (χ1v) is 40.7. The van der Waals surface area contributed by atoms with E-state index in [9.17, 15) is 43.2 Å². The lowest BCUT2D eigenvalue weighted by Gasteiger charge is -2.21. The summed E-state index contributed by atoms with van der Waals surface area (Å²) in [5.74, 6) is -1.34. The third-order valence-corrected chi connectivity index (χ3v) is 19.0. The summed E-state index contributed by atoms with van der Waals surface area (Å²) < 4.78 is 68.4. The van der Waals surface area contributed by atoms with Gasteiger partial charge in [0.05, 0.1) is 26.4 Å². The molecule has 0 rings (SSSR count). The minimum Gasteiger partial charge on any atom is -0.462 e. The van der Waals surface area contributed by atoms with E-state index in [0.717, 1.165) is 95.8 Å². The minimum absolute atomic E-state index is 0.107. The number of esters is 4. The van der Waals surface area contributed by atoms with Crippen molar-refractivity contribution in [2.75, 3.05) is 39.6 Å². The van der Waals surface area contributed by atoms with Gasteiger partial charge < -0.3 is 33.8 Å². The molecular weight excluding hydrogens is 1200 g/mol. The fourth-order valence-electron chi connectivity index (χ4n) is 11.0. The van der Waals surface area contributed by atoms with E-state index in [1.807, 2.05) is 0 Å². The smallest absolute Gasteiger partial charge is 0.462 e. The number of phosphoric ester groups is 2. The van der Waals surface area contributed by atoms with Crippen molar-refractivity contribution in [3.8, 4) is 0 Å². The largest absolute Gasteiger partial charge is 0.472 e. The molecule has 91 heavy (non-hydrogen) atoms. The van der Waals surface area contributed by atoms with E-state index in [-0.39, 0.29) is 25.7 Å². The van der Waals surface area contributed by atoms with Crippen molar-refractivity contribution < 1.29 is 80.2 Å². The van der Waals surface area contributed by atoms with Gasteiger partial charge in [-0.25, -0.2) is 9.13 Å². The normalized spacial score (nSPS) is 14.3. The van der Waals surface area contributed by atoms with E-state index < -0.39 is 97.5 Å². The molecule has 0 bridgehead atoms. The van der Waals surface area contributed by atoms with E-state index in [4.69, 9.17) is 37.0 Å². The van der Waals surface area contributed by atoms with Gasteiger partial charge in [-0.1, -0.05) is 324 Å². The molecule has 0 aliphatic heterocycles. The highest BCUT2D eigenvalue weighted by molar-refractivity contribution is 7.47. The van der Waals surface area contributed by atoms with Gasteiger partial charge in [-0.2, -0.15) is 0 Å². The molecular formula is C72H140O17P2. The van der Waals surface area contributed by atoms with Gasteiger partial charge in [0, 0.05) is 25.7 Å². The average molecular weight is 1340 g/mol. The van der Waals surface area contributed by atoms with Gasteiger partial charge >= 0.3 is 39.5 Å². The summed E-state index contributed by atoms with van der Waals surface area (Å²) in [6.45, 7) is 7.26. The van der Waals surface area contributed by atoms with Crippen LogP contribution in [0.15, 0.2) is 0 Å². The van der Waals surface area contributed by atoms with Crippen molar-refractivity contribution >= 4 is 39.5 Å². The maximum atomic E-state index is 13.0. The molecule has 0 aromatic carbocycles. The first kappa shape index (κ1) is 89.1. The summed E-state index contributed by atoms with van der Waals surface area (Å²) >= 11 is 0. The fourth-order valence-corrected chi connectivity index (χ4v) is 12.5. The van der Waals surface area contributed by atoms with Crippen LogP contribution in [0.5, 0.6) is 0 Å². The van der Waals surface area contributed by atoms with Crippen LogP contribution in [0.4, 0.5) is 0 Å². The number of phosphoric acid groups is 2. The Morgan fingerprint density at radius 2 is 0.527 bits per heavy atom. The molecule has 0 radical (unpaired) electrons. The van der Waals surface area contributed by atoms with E-state index in [1.165, 1.54) is 199 Å². The molecule has 0 spiro atoms. The maximum Gasteiger partial charge on any atom is 0.472 e. The highest BCUT2D eigenvalue weighted by atomic mass is 31.2. The Kier molecular flexibility index (Phi) is 64.0. The number of carbonyl (C=O) groups excluding carboxylic acids is 4. The van der Waals surface area contributed by atoms with E-state index in [2.05, 4.69) is 34.6 Å². The van der Waals surface area contributed by atoms with E-state index in [0.29, 0.717) is 25.7 Å². The van der Waals surface area contributed by atoms with Crippen LogP contribution in [0, 0.1) is 5.92 Å². The Labute approximate surface area is 556 Å². The van der Waals surface area contributed by atoms with E-state index >= 15 is 0 Å². The number of ether oxygens (including phenoxy) is 4. The van der Waals surface area contributed by atoms with Crippen LogP contribution in [-0.2, 0) is 65.4 Å². The minimum atomic E-state index is -4.95. The van der Waals surface area contributed by atoms with Crippen LogP contribution in [0.25, 0.3) is 0 Å². The molecule has 0 aromatic heterocycles. The lowest BCUT2D eigenvalue weighted by atomic mass is 9.99. The summed E-state index contributed by atoms with van der Waals surface area (Å²) in [5.41, 5.74) is 0. The lowest BCUT2D eigenvalue weighted by molar-refractivity contribution is -0.161. The molecule has 6 atom stereocenters. The van der Waals surface area contributed by atoms with Crippen LogP contribution in [0.3, 0.4) is 0 Å². The average Bonchev–Trinajstić information content (AvgIpc) is 3.72. The zero-order valence-electron chi connectivity index (χ0n) is 59.0. The van der Waals surface area contributed by atoms with Crippen molar-refractivity contribution in [3.05, 3.63) is 0 Å². The summed E-state index contributed by atoms with van der Waals surface area (Å²) in [7, 11) is -9.90. The highest BCUT2D eigenvalue weighted by Crippen LogP contribution is 2.45. The van der Waals surface area contributed by atoms with Crippen molar-refractivity contribution in [3.63, 3.8) is 0 Å². The molecule has 0 fully saturated rings. The maximum absolute atomic E-state index is 13.0. The van der Waals surface area contributed by atoms with Gasteiger partial charge in [0.15, 0.2) is 12.2 Å². The van der Waals surface area contributed by atoms with Gasteiger partial charge in [0.2, 0.25) is 0 Å². The van der Waals surface area contributed by atoms with Crippen molar-refractivity contribution in [1.29, 1.82) is 0 Å². The summed E-state index contributed by atoms with van der Waals surface area (Å²) in [6.07, 6.45) is 52.5. The predicted molar refractivity (Wildman–Crippen MR) is 368 cm³/mol. The predicted octanol–water partition coefficient (Wildman–Crippen LogP) is 20.9. The first-order chi connectivity index (χ1) is 44.1. The topological polar surface area (TPSA) is 237 Å². The van der Waals surface area contributed by atoms with Crippen molar-refractivity contribution in [2.24, 2.45) is 5.92 Å². The number of hydrogen-bond donors (Lipinski definition) is 3. The summed E-state index contributed by atoms with van der Waals surface area (Å²) in [4.78, 5) is 72.6. The Balaban J connectivity index is 5.24. The van der Waals surface area contributed by atoms with Crippen molar-refractivity contribution in [2.45, 2.75) is 393 Å². The number of aliphatic hydroxyl groups excluding tert-OH is 1. The Morgan fingerprint density at radius 1 is 0.308 bits per heavy atom. The lowest BCUT2D eigenvalue weighted by Crippen LogP contribution is -2.30. The Morgan fingerprint density at radius 3 is 0.780 bits per heavy atom. The van der Waals surface area contributed by atoms with Gasteiger partial charge in [-0.05, 0) is 31.6 Å². The van der Waals surface area contributed by atoms with Gasteiger partial charge in [0.1, 0.15) is 19.3 Å². The molecule has 0 saturated heterocycles. The second-order valence-electron chi connectivity index (χ2n) is 26.2. The number of rotatable bonds is 72. The van der Waals surface area contributed by atoms with Crippen LogP contribution < -0.4 is 0 Å². The Hall–Kier alpha value is -1.94. The molecule has 0 saturated carbocycles. The molecule has 19 heteroatoms. The SMILES string of the molecule is CCCCCCCCCCCCCCCCCCCC(=O)O[C@H](COC(=O)CCCCCCCCCCC(C)CC)COP(=O)(O)OC[C@@H](O)COP(=O)(O)OC[C@@H](COC(=O)CCCCCCCCCCCCC)OC(=O)CCCCCCCCCCCCC. The quantitative estimate of drug-likeness (QED) is 0.0222. The van der Waals surface area contributed by atoms with E-state index in [1.54, 1.807) is 0 Å². The highest BCUT2D eigenvalue weighted by Gasteiger charge is 2.30. The van der Waals surface area contributed by atoms with Crippen LogP contribution in [0.2, 0.25) is 0 Å². The Bertz CT molecular complexity index is 1760. The third kappa shape index (κ3) is 65.1. The summed E-state index contributed by atoms with van der Waals surface area (Å²) in [6, 6.07) is 0.